The van der Waals surface area contributed by atoms with Gasteiger partial charge in [-0.2, -0.15) is 0 Å². The van der Waals surface area contributed by atoms with Gasteiger partial charge in [0.1, 0.15) is 6.33 Å². The van der Waals surface area contributed by atoms with Crippen LogP contribution in [0.2, 0.25) is 0 Å². The van der Waals surface area contributed by atoms with Crippen molar-refractivity contribution >= 4 is 10.9 Å². The van der Waals surface area contributed by atoms with Crippen molar-refractivity contribution in [1.29, 1.82) is 0 Å². The second-order valence-electron chi connectivity index (χ2n) is 6.00. The topological polar surface area (TPSA) is 63.0 Å². The standard InChI is InChI=1S/C16H19N7/c1-21-4-6-22(7-5-21)10-14-11-23(20-19-14)15-2-3-16-13(8-15)9-17-12-18-16/h2-3,8-9,11-12H,4-7,10H2,1H3. The van der Waals surface area contributed by atoms with E-state index < -0.39 is 0 Å². The highest BCUT2D eigenvalue weighted by Crippen LogP contribution is 2.15. The molecule has 1 saturated heterocycles. The van der Waals surface area contributed by atoms with Gasteiger partial charge in [0.15, 0.2) is 0 Å². The van der Waals surface area contributed by atoms with E-state index >= 15 is 0 Å². The third-order valence-electron chi connectivity index (χ3n) is 4.28. The lowest BCUT2D eigenvalue weighted by atomic mass is 10.2. The lowest BCUT2D eigenvalue weighted by molar-refractivity contribution is 0.147. The molecule has 0 radical (unpaired) electrons. The molecule has 118 valence electrons. The highest BCUT2D eigenvalue weighted by Gasteiger charge is 2.15. The molecular formula is C16H19N7. The summed E-state index contributed by atoms with van der Waals surface area (Å²) in [6.07, 6.45) is 5.38. The molecule has 0 atom stereocenters. The van der Waals surface area contributed by atoms with E-state index in [4.69, 9.17) is 0 Å². The molecule has 1 aromatic carbocycles. The number of fused-ring (bicyclic) bond motifs is 1. The van der Waals surface area contributed by atoms with Gasteiger partial charge in [0.25, 0.3) is 0 Å². The second kappa shape index (κ2) is 6.02. The molecule has 1 aliphatic rings. The van der Waals surface area contributed by atoms with Crippen LogP contribution in [0, 0.1) is 0 Å². The van der Waals surface area contributed by atoms with Crippen molar-refractivity contribution < 1.29 is 0 Å². The first-order valence-corrected chi connectivity index (χ1v) is 7.80. The van der Waals surface area contributed by atoms with Gasteiger partial charge in [-0.25, -0.2) is 14.6 Å². The molecule has 4 rings (SSSR count). The smallest absolute Gasteiger partial charge is 0.116 e. The van der Waals surface area contributed by atoms with Crippen molar-refractivity contribution in [3.8, 4) is 5.69 Å². The number of nitrogens with zero attached hydrogens (tertiary/aromatic N) is 7. The predicted molar refractivity (Wildman–Crippen MR) is 87.2 cm³/mol. The molecule has 0 spiro atoms. The minimum Gasteiger partial charge on any atom is -0.304 e. The van der Waals surface area contributed by atoms with Crippen LogP contribution in [0.5, 0.6) is 0 Å². The summed E-state index contributed by atoms with van der Waals surface area (Å²) in [6.45, 7) is 5.23. The van der Waals surface area contributed by atoms with Crippen LogP contribution in [-0.2, 0) is 6.54 Å². The summed E-state index contributed by atoms with van der Waals surface area (Å²) in [5, 5.41) is 9.58. The molecular weight excluding hydrogens is 290 g/mol. The summed E-state index contributed by atoms with van der Waals surface area (Å²) in [6, 6.07) is 6.02. The van der Waals surface area contributed by atoms with Crippen molar-refractivity contribution in [2.75, 3.05) is 33.2 Å². The summed E-state index contributed by atoms with van der Waals surface area (Å²) in [7, 11) is 2.16. The Kier molecular flexibility index (Phi) is 3.72. The summed E-state index contributed by atoms with van der Waals surface area (Å²) in [5.74, 6) is 0. The summed E-state index contributed by atoms with van der Waals surface area (Å²) in [5.41, 5.74) is 2.91. The molecule has 0 saturated carbocycles. The zero-order chi connectivity index (χ0) is 15.6. The normalized spacial score (nSPS) is 16.9. The lowest BCUT2D eigenvalue weighted by Gasteiger charge is -2.31. The molecule has 0 unspecified atom stereocenters. The first kappa shape index (κ1) is 14.2. The highest BCUT2D eigenvalue weighted by atomic mass is 15.4. The average Bonchev–Trinajstić information content (AvgIpc) is 3.05. The van der Waals surface area contributed by atoms with Gasteiger partial charge in [0, 0.05) is 44.3 Å². The third-order valence-corrected chi connectivity index (χ3v) is 4.28. The van der Waals surface area contributed by atoms with Gasteiger partial charge in [-0.15, -0.1) is 5.10 Å². The maximum Gasteiger partial charge on any atom is 0.116 e. The van der Waals surface area contributed by atoms with E-state index in [9.17, 15) is 0 Å². The van der Waals surface area contributed by atoms with Crippen LogP contribution in [0.4, 0.5) is 0 Å². The fraction of sp³-hybridized carbons (Fsp3) is 0.375. The Labute approximate surface area is 134 Å². The minimum atomic E-state index is 0.852. The zero-order valence-corrected chi connectivity index (χ0v) is 13.1. The van der Waals surface area contributed by atoms with E-state index in [-0.39, 0.29) is 0 Å². The van der Waals surface area contributed by atoms with Gasteiger partial charge in [-0.1, -0.05) is 5.21 Å². The Bertz CT molecular complexity index is 805. The van der Waals surface area contributed by atoms with Crippen molar-refractivity contribution in [3.05, 3.63) is 42.6 Å². The Morgan fingerprint density at radius 2 is 2.00 bits per heavy atom. The number of rotatable bonds is 3. The summed E-state index contributed by atoms with van der Waals surface area (Å²) < 4.78 is 1.82. The molecule has 2 aromatic heterocycles. The van der Waals surface area contributed by atoms with Gasteiger partial charge >= 0.3 is 0 Å². The molecule has 0 amide bonds. The Morgan fingerprint density at radius 3 is 2.87 bits per heavy atom. The van der Waals surface area contributed by atoms with Gasteiger partial charge in [0.05, 0.1) is 23.1 Å². The van der Waals surface area contributed by atoms with Gasteiger partial charge in [0.2, 0.25) is 0 Å². The summed E-state index contributed by atoms with van der Waals surface area (Å²) >= 11 is 0. The van der Waals surface area contributed by atoms with Gasteiger partial charge < -0.3 is 4.90 Å². The van der Waals surface area contributed by atoms with E-state index in [1.807, 2.05) is 35.3 Å². The number of likely N-dealkylation sites (N-methyl/N-ethyl adjacent to an activating group) is 1. The van der Waals surface area contributed by atoms with E-state index in [1.54, 1.807) is 6.33 Å². The molecule has 3 aromatic rings. The number of aromatic nitrogens is 5. The molecule has 1 fully saturated rings. The SMILES string of the molecule is CN1CCN(Cc2cn(-c3ccc4ncncc4c3)nn2)CC1. The van der Waals surface area contributed by atoms with Crippen LogP contribution in [0.1, 0.15) is 5.69 Å². The van der Waals surface area contributed by atoms with Crippen LogP contribution in [-0.4, -0.2) is 68.0 Å². The molecule has 0 aliphatic carbocycles. The highest BCUT2D eigenvalue weighted by molar-refractivity contribution is 5.79. The fourth-order valence-electron chi connectivity index (χ4n) is 2.85. The van der Waals surface area contributed by atoms with Crippen molar-refractivity contribution in [3.63, 3.8) is 0 Å². The van der Waals surface area contributed by atoms with Gasteiger partial charge in [-0.3, -0.25) is 4.90 Å². The van der Waals surface area contributed by atoms with Crippen molar-refractivity contribution in [2.24, 2.45) is 0 Å². The van der Waals surface area contributed by atoms with E-state index in [1.165, 1.54) is 0 Å². The maximum absolute atomic E-state index is 4.31. The first-order chi connectivity index (χ1) is 11.3. The first-order valence-electron chi connectivity index (χ1n) is 7.80. The molecule has 0 N–H and O–H groups in total. The van der Waals surface area contributed by atoms with Crippen LogP contribution in [0.25, 0.3) is 16.6 Å². The number of benzene rings is 1. The van der Waals surface area contributed by atoms with Crippen molar-refractivity contribution in [1.82, 2.24) is 34.8 Å². The Balaban J connectivity index is 1.52. The van der Waals surface area contributed by atoms with E-state index in [2.05, 4.69) is 37.1 Å². The van der Waals surface area contributed by atoms with Crippen LogP contribution in [0.15, 0.2) is 36.9 Å². The van der Waals surface area contributed by atoms with Crippen LogP contribution < -0.4 is 0 Å². The number of piperazine rings is 1. The van der Waals surface area contributed by atoms with Crippen molar-refractivity contribution in [2.45, 2.75) is 6.54 Å². The third kappa shape index (κ3) is 3.06. The van der Waals surface area contributed by atoms with Crippen LogP contribution in [0.3, 0.4) is 0 Å². The number of hydrogen-bond donors (Lipinski definition) is 0. The van der Waals surface area contributed by atoms with Crippen LogP contribution >= 0.6 is 0 Å². The Hall–Kier alpha value is -2.38. The maximum atomic E-state index is 4.31. The molecule has 7 heteroatoms. The number of hydrogen-bond acceptors (Lipinski definition) is 6. The molecule has 1 aliphatic heterocycles. The summed E-state index contributed by atoms with van der Waals surface area (Å²) in [4.78, 5) is 13.1. The quantitative estimate of drug-likeness (QED) is 0.718. The van der Waals surface area contributed by atoms with E-state index in [0.717, 1.165) is 55.0 Å². The Morgan fingerprint density at radius 1 is 1.13 bits per heavy atom. The zero-order valence-electron chi connectivity index (χ0n) is 13.1. The predicted octanol–water partition coefficient (Wildman–Crippen LogP) is 0.958. The molecule has 0 bridgehead atoms. The lowest BCUT2D eigenvalue weighted by Crippen LogP contribution is -2.43. The largest absolute Gasteiger partial charge is 0.304 e. The monoisotopic (exact) mass is 309 g/mol. The average molecular weight is 309 g/mol. The molecule has 23 heavy (non-hydrogen) atoms. The molecule has 3 heterocycles. The minimum absolute atomic E-state index is 0.852. The van der Waals surface area contributed by atoms with E-state index in [0.29, 0.717) is 0 Å². The van der Waals surface area contributed by atoms with Gasteiger partial charge in [-0.05, 0) is 25.2 Å². The fourth-order valence-corrected chi connectivity index (χ4v) is 2.85. The second-order valence-corrected chi connectivity index (χ2v) is 6.00. The molecule has 7 nitrogen and oxygen atoms in total.